The maximum absolute atomic E-state index is 5.86. The van der Waals surface area contributed by atoms with Crippen LogP contribution in [0.4, 0.5) is 0 Å². The predicted molar refractivity (Wildman–Crippen MR) is 88.6 cm³/mol. The first kappa shape index (κ1) is 16.4. The number of aryl methyl sites for hydroxylation is 1. The standard InChI is InChI=1S/C18H25N3O/c1-3-5-7-12-17-15-21(20-19-17)18(22-13-4-2)14-16-10-8-6-9-11-16/h4,6,8-11,15,18H,2-3,5,7,12-14H2,1H3. The third-order valence-electron chi connectivity index (χ3n) is 3.55. The number of hydrogen-bond acceptors (Lipinski definition) is 3. The van der Waals surface area contributed by atoms with Gasteiger partial charge in [0.1, 0.15) is 0 Å². The summed E-state index contributed by atoms with van der Waals surface area (Å²) in [6.07, 6.45) is 8.98. The topological polar surface area (TPSA) is 39.9 Å². The normalized spacial score (nSPS) is 12.2. The maximum atomic E-state index is 5.86. The van der Waals surface area contributed by atoms with Crippen LogP contribution in [0.2, 0.25) is 0 Å². The largest absolute Gasteiger partial charge is 0.352 e. The highest BCUT2D eigenvalue weighted by Crippen LogP contribution is 2.16. The molecule has 0 aliphatic carbocycles. The Morgan fingerprint density at radius 2 is 2.09 bits per heavy atom. The van der Waals surface area contributed by atoms with Gasteiger partial charge in [0.05, 0.1) is 18.5 Å². The Labute approximate surface area is 132 Å². The predicted octanol–water partition coefficient (Wildman–Crippen LogP) is 3.95. The second-order valence-electron chi connectivity index (χ2n) is 5.41. The molecule has 0 spiro atoms. The molecule has 0 amide bonds. The average molecular weight is 299 g/mol. The van der Waals surface area contributed by atoms with E-state index in [1.165, 1.54) is 18.4 Å². The summed E-state index contributed by atoms with van der Waals surface area (Å²) in [4.78, 5) is 0. The molecule has 0 N–H and O–H groups in total. The molecule has 0 fully saturated rings. The van der Waals surface area contributed by atoms with Gasteiger partial charge in [0.2, 0.25) is 0 Å². The van der Waals surface area contributed by atoms with E-state index in [0.29, 0.717) is 6.61 Å². The third-order valence-corrected chi connectivity index (χ3v) is 3.55. The van der Waals surface area contributed by atoms with Crippen LogP contribution < -0.4 is 0 Å². The van der Waals surface area contributed by atoms with Crippen molar-refractivity contribution in [3.63, 3.8) is 0 Å². The number of rotatable bonds is 10. The SMILES string of the molecule is C=CCOC(Cc1ccccc1)n1cc(CCCCC)nn1. The summed E-state index contributed by atoms with van der Waals surface area (Å²) in [5, 5.41) is 8.52. The quantitative estimate of drug-likeness (QED) is 0.492. The molecule has 1 unspecified atom stereocenters. The first-order valence-electron chi connectivity index (χ1n) is 8.00. The molecule has 0 radical (unpaired) electrons. The fraction of sp³-hybridized carbons (Fsp3) is 0.444. The van der Waals surface area contributed by atoms with E-state index < -0.39 is 0 Å². The van der Waals surface area contributed by atoms with E-state index in [0.717, 1.165) is 25.0 Å². The van der Waals surface area contributed by atoms with Gasteiger partial charge in [0, 0.05) is 6.42 Å². The molecule has 0 aliphatic heterocycles. The average Bonchev–Trinajstić information content (AvgIpc) is 3.01. The molecule has 2 rings (SSSR count). The molecule has 1 aromatic carbocycles. The van der Waals surface area contributed by atoms with E-state index in [2.05, 4.69) is 35.9 Å². The van der Waals surface area contributed by atoms with Crippen LogP contribution in [0.3, 0.4) is 0 Å². The van der Waals surface area contributed by atoms with E-state index in [4.69, 9.17) is 4.74 Å². The van der Waals surface area contributed by atoms with Crippen molar-refractivity contribution < 1.29 is 4.74 Å². The lowest BCUT2D eigenvalue weighted by Gasteiger charge is -2.17. The van der Waals surface area contributed by atoms with Gasteiger partial charge < -0.3 is 4.74 Å². The van der Waals surface area contributed by atoms with E-state index in [1.54, 1.807) is 6.08 Å². The van der Waals surface area contributed by atoms with Crippen molar-refractivity contribution in [2.24, 2.45) is 0 Å². The zero-order valence-electron chi connectivity index (χ0n) is 13.3. The lowest BCUT2D eigenvalue weighted by atomic mass is 10.1. The molecule has 0 saturated carbocycles. The summed E-state index contributed by atoms with van der Waals surface area (Å²) in [5.41, 5.74) is 2.26. The summed E-state index contributed by atoms with van der Waals surface area (Å²) in [6, 6.07) is 10.3. The highest BCUT2D eigenvalue weighted by Gasteiger charge is 2.14. The fourth-order valence-corrected chi connectivity index (χ4v) is 2.35. The molecule has 4 heteroatoms. The number of benzene rings is 1. The zero-order valence-corrected chi connectivity index (χ0v) is 13.3. The molecule has 1 heterocycles. The van der Waals surface area contributed by atoms with Crippen molar-refractivity contribution in [2.45, 2.75) is 45.3 Å². The van der Waals surface area contributed by atoms with Crippen molar-refractivity contribution in [1.82, 2.24) is 15.0 Å². The molecular formula is C18H25N3O. The second kappa shape index (κ2) is 9.15. The first-order valence-corrected chi connectivity index (χ1v) is 8.00. The Balaban J connectivity index is 2.03. The lowest BCUT2D eigenvalue weighted by Crippen LogP contribution is -2.16. The Hall–Kier alpha value is -1.94. The van der Waals surface area contributed by atoms with Crippen LogP contribution in [-0.4, -0.2) is 21.6 Å². The molecule has 0 saturated heterocycles. The molecule has 0 aliphatic rings. The van der Waals surface area contributed by atoms with Crippen molar-refractivity contribution in [3.8, 4) is 0 Å². The minimum atomic E-state index is -0.146. The van der Waals surface area contributed by atoms with Crippen molar-refractivity contribution in [3.05, 3.63) is 60.4 Å². The van der Waals surface area contributed by atoms with Crippen LogP contribution in [0, 0.1) is 0 Å². The van der Waals surface area contributed by atoms with Gasteiger partial charge in [-0.1, -0.05) is 61.4 Å². The third kappa shape index (κ3) is 5.11. The molecule has 0 bridgehead atoms. The highest BCUT2D eigenvalue weighted by atomic mass is 16.5. The van der Waals surface area contributed by atoms with Crippen molar-refractivity contribution in [1.29, 1.82) is 0 Å². The Bertz CT molecular complexity index is 550. The van der Waals surface area contributed by atoms with Crippen molar-refractivity contribution >= 4 is 0 Å². The van der Waals surface area contributed by atoms with Gasteiger partial charge in [0.15, 0.2) is 6.23 Å². The monoisotopic (exact) mass is 299 g/mol. The number of unbranched alkanes of at least 4 members (excludes halogenated alkanes) is 2. The van der Waals surface area contributed by atoms with Crippen LogP contribution in [0.15, 0.2) is 49.2 Å². The molecule has 1 aromatic heterocycles. The second-order valence-corrected chi connectivity index (χ2v) is 5.41. The molecular weight excluding hydrogens is 274 g/mol. The Morgan fingerprint density at radius 3 is 2.82 bits per heavy atom. The number of nitrogens with zero attached hydrogens (tertiary/aromatic N) is 3. The molecule has 22 heavy (non-hydrogen) atoms. The molecule has 2 aromatic rings. The van der Waals surface area contributed by atoms with Crippen LogP contribution in [0.1, 0.15) is 43.7 Å². The van der Waals surface area contributed by atoms with Crippen LogP contribution in [0.25, 0.3) is 0 Å². The number of aromatic nitrogens is 3. The van der Waals surface area contributed by atoms with Crippen LogP contribution in [-0.2, 0) is 17.6 Å². The van der Waals surface area contributed by atoms with Gasteiger partial charge in [-0.3, -0.25) is 0 Å². The van der Waals surface area contributed by atoms with Gasteiger partial charge in [-0.05, 0) is 18.4 Å². The summed E-state index contributed by atoms with van der Waals surface area (Å²) >= 11 is 0. The number of hydrogen-bond donors (Lipinski definition) is 0. The van der Waals surface area contributed by atoms with Gasteiger partial charge in [0.25, 0.3) is 0 Å². The molecule has 1 atom stereocenters. The fourth-order valence-electron chi connectivity index (χ4n) is 2.35. The van der Waals surface area contributed by atoms with E-state index in [1.807, 2.05) is 29.1 Å². The lowest BCUT2D eigenvalue weighted by molar-refractivity contribution is 0.00986. The van der Waals surface area contributed by atoms with Gasteiger partial charge >= 0.3 is 0 Å². The minimum Gasteiger partial charge on any atom is -0.352 e. The van der Waals surface area contributed by atoms with Gasteiger partial charge in [-0.2, -0.15) is 0 Å². The van der Waals surface area contributed by atoms with Gasteiger partial charge in [-0.25, -0.2) is 4.68 Å². The summed E-state index contributed by atoms with van der Waals surface area (Å²) in [6.45, 7) is 6.42. The first-order chi connectivity index (χ1) is 10.8. The highest BCUT2D eigenvalue weighted by molar-refractivity contribution is 5.15. The maximum Gasteiger partial charge on any atom is 0.156 e. The van der Waals surface area contributed by atoms with E-state index in [-0.39, 0.29) is 6.23 Å². The summed E-state index contributed by atoms with van der Waals surface area (Å²) < 4.78 is 7.69. The van der Waals surface area contributed by atoms with Crippen molar-refractivity contribution in [2.75, 3.05) is 6.61 Å². The smallest absolute Gasteiger partial charge is 0.156 e. The van der Waals surface area contributed by atoms with Gasteiger partial charge in [-0.15, -0.1) is 11.7 Å². The minimum absolute atomic E-state index is 0.146. The van der Waals surface area contributed by atoms with E-state index >= 15 is 0 Å². The number of ether oxygens (including phenoxy) is 1. The summed E-state index contributed by atoms with van der Waals surface area (Å²) in [7, 11) is 0. The Kier molecular flexibility index (Phi) is 6.84. The Morgan fingerprint density at radius 1 is 1.27 bits per heavy atom. The molecule has 4 nitrogen and oxygen atoms in total. The zero-order chi connectivity index (χ0) is 15.6. The van der Waals surface area contributed by atoms with E-state index in [9.17, 15) is 0 Å². The van der Waals surface area contributed by atoms with Crippen LogP contribution in [0.5, 0.6) is 0 Å². The molecule has 118 valence electrons. The van der Waals surface area contributed by atoms with Crippen LogP contribution >= 0.6 is 0 Å². The summed E-state index contributed by atoms with van der Waals surface area (Å²) in [5.74, 6) is 0.